The minimum Gasteiger partial charge on any atom is -0.492 e. The number of fused-ring (bicyclic) bond motifs is 1. The maximum absolute atomic E-state index is 11.5. The fourth-order valence-corrected chi connectivity index (χ4v) is 2.35. The van der Waals surface area contributed by atoms with Crippen molar-refractivity contribution in [3.63, 3.8) is 0 Å². The van der Waals surface area contributed by atoms with Gasteiger partial charge in [-0.25, -0.2) is 9.78 Å². The Bertz CT molecular complexity index is 931. The minimum absolute atomic E-state index is 0.137. The number of pyridine rings is 1. The summed E-state index contributed by atoms with van der Waals surface area (Å²) in [5.74, 6) is -0.386. The van der Waals surface area contributed by atoms with Crippen LogP contribution in [0.4, 0.5) is 11.5 Å². The van der Waals surface area contributed by atoms with Crippen molar-refractivity contribution < 1.29 is 14.6 Å². The number of carboxylic acid groups (broad SMARTS) is 1. The lowest BCUT2D eigenvalue weighted by atomic mass is 10.3. The van der Waals surface area contributed by atoms with E-state index in [-0.39, 0.29) is 11.5 Å². The van der Waals surface area contributed by atoms with E-state index < -0.39 is 5.97 Å². The number of azo groups is 1. The van der Waals surface area contributed by atoms with Crippen molar-refractivity contribution in [2.75, 3.05) is 6.61 Å². The Morgan fingerprint density at radius 2 is 2.04 bits per heavy atom. The Labute approximate surface area is 138 Å². The number of rotatable bonds is 5. The van der Waals surface area contributed by atoms with Crippen LogP contribution in [0.1, 0.15) is 23.0 Å². The van der Waals surface area contributed by atoms with Gasteiger partial charge in [0.25, 0.3) is 0 Å². The van der Waals surface area contributed by atoms with E-state index in [1.54, 1.807) is 22.7 Å². The van der Waals surface area contributed by atoms with Gasteiger partial charge in [-0.2, -0.15) is 0 Å². The third-order valence-electron chi connectivity index (χ3n) is 3.44. The summed E-state index contributed by atoms with van der Waals surface area (Å²) >= 11 is 0. The van der Waals surface area contributed by atoms with Crippen LogP contribution in [0.3, 0.4) is 0 Å². The fourth-order valence-electron chi connectivity index (χ4n) is 2.35. The average Bonchev–Trinajstić information content (AvgIpc) is 2.95. The van der Waals surface area contributed by atoms with E-state index in [2.05, 4.69) is 15.2 Å². The van der Waals surface area contributed by atoms with E-state index in [0.717, 1.165) is 5.56 Å². The molecule has 0 saturated heterocycles. The Morgan fingerprint density at radius 1 is 1.25 bits per heavy atom. The summed E-state index contributed by atoms with van der Waals surface area (Å²) in [5, 5.41) is 17.7. The number of aromatic carboxylic acids is 1. The van der Waals surface area contributed by atoms with E-state index in [1.807, 2.05) is 38.1 Å². The number of hydrogen-bond donors (Lipinski definition) is 1. The predicted molar refractivity (Wildman–Crippen MR) is 88.7 cm³/mol. The first-order valence-electron chi connectivity index (χ1n) is 7.46. The number of carboxylic acids is 1. The SMILES string of the molecule is CCOc1ccccc1N=Nc1c(C(=O)O)nc2c(C)cccn12. The molecule has 1 N–H and O–H groups in total. The lowest BCUT2D eigenvalue weighted by molar-refractivity contribution is 0.0692. The Balaban J connectivity index is 2.11. The smallest absolute Gasteiger partial charge is 0.358 e. The number of benzene rings is 1. The molecule has 2 aromatic heterocycles. The molecule has 0 spiro atoms. The highest BCUT2D eigenvalue weighted by Gasteiger charge is 2.19. The fraction of sp³-hybridized carbons (Fsp3) is 0.176. The zero-order valence-corrected chi connectivity index (χ0v) is 13.3. The maximum atomic E-state index is 11.5. The molecule has 3 aromatic rings. The lowest BCUT2D eigenvalue weighted by Gasteiger charge is -2.04. The second-order valence-electron chi connectivity index (χ2n) is 5.07. The maximum Gasteiger partial charge on any atom is 0.358 e. The van der Waals surface area contributed by atoms with Gasteiger partial charge in [-0.05, 0) is 37.6 Å². The highest BCUT2D eigenvalue weighted by molar-refractivity contribution is 5.92. The van der Waals surface area contributed by atoms with Crippen molar-refractivity contribution in [3.8, 4) is 5.75 Å². The van der Waals surface area contributed by atoms with Crippen LogP contribution in [-0.2, 0) is 0 Å². The molecule has 0 amide bonds. The van der Waals surface area contributed by atoms with Crippen LogP contribution in [0.5, 0.6) is 5.75 Å². The van der Waals surface area contributed by atoms with Gasteiger partial charge in [-0.3, -0.25) is 4.40 Å². The first kappa shape index (κ1) is 15.7. The van der Waals surface area contributed by atoms with Gasteiger partial charge in [-0.1, -0.05) is 18.2 Å². The predicted octanol–water partition coefficient (Wildman–Crippen LogP) is 4.16. The molecule has 0 atom stereocenters. The van der Waals surface area contributed by atoms with Crippen molar-refractivity contribution in [1.29, 1.82) is 0 Å². The van der Waals surface area contributed by atoms with Gasteiger partial charge in [0, 0.05) is 6.20 Å². The lowest BCUT2D eigenvalue weighted by Crippen LogP contribution is -1.96. The highest BCUT2D eigenvalue weighted by Crippen LogP contribution is 2.30. The Kier molecular flexibility index (Phi) is 4.24. The summed E-state index contributed by atoms with van der Waals surface area (Å²) < 4.78 is 7.12. The van der Waals surface area contributed by atoms with Gasteiger partial charge in [0.2, 0.25) is 0 Å². The van der Waals surface area contributed by atoms with Crippen LogP contribution in [0.15, 0.2) is 52.8 Å². The molecule has 7 heteroatoms. The first-order chi connectivity index (χ1) is 11.6. The molecule has 0 radical (unpaired) electrons. The van der Waals surface area contributed by atoms with Crippen LogP contribution in [0.25, 0.3) is 5.65 Å². The molecule has 24 heavy (non-hydrogen) atoms. The van der Waals surface area contributed by atoms with Crippen molar-refractivity contribution in [2.45, 2.75) is 13.8 Å². The second-order valence-corrected chi connectivity index (χ2v) is 5.07. The van der Waals surface area contributed by atoms with Gasteiger partial charge in [0.05, 0.1) is 6.61 Å². The number of ether oxygens (including phenoxy) is 1. The standard InChI is InChI=1S/C17H16N4O3/c1-3-24-13-9-5-4-8-12(13)19-20-16-14(17(22)23)18-15-11(2)7-6-10-21(15)16/h4-10H,3H2,1-2H3,(H,22,23). The number of hydrogen-bond acceptors (Lipinski definition) is 5. The Morgan fingerprint density at radius 3 is 2.79 bits per heavy atom. The first-order valence-corrected chi connectivity index (χ1v) is 7.46. The number of aromatic nitrogens is 2. The van der Waals surface area contributed by atoms with E-state index in [0.29, 0.717) is 23.7 Å². The molecule has 2 heterocycles. The topological polar surface area (TPSA) is 88.5 Å². The largest absolute Gasteiger partial charge is 0.492 e. The van der Waals surface area contributed by atoms with Crippen molar-refractivity contribution in [2.24, 2.45) is 10.2 Å². The molecule has 0 aliphatic carbocycles. The quantitative estimate of drug-likeness (QED) is 0.714. The molecule has 0 fully saturated rings. The highest BCUT2D eigenvalue weighted by atomic mass is 16.5. The molecule has 0 unspecified atom stereocenters. The number of carbonyl (C=O) groups is 1. The van der Waals surface area contributed by atoms with Crippen LogP contribution in [-0.4, -0.2) is 27.1 Å². The van der Waals surface area contributed by atoms with E-state index in [9.17, 15) is 9.90 Å². The van der Waals surface area contributed by atoms with Gasteiger partial charge in [0.15, 0.2) is 11.5 Å². The van der Waals surface area contributed by atoms with Crippen LogP contribution < -0.4 is 4.74 Å². The van der Waals surface area contributed by atoms with Crippen molar-refractivity contribution in [1.82, 2.24) is 9.38 Å². The summed E-state index contributed by atoms with van der Waals surface area (Å²) in [7, 11) is 0. The second kappa shape index (κ2) is 6.49. The van der Waals surface area contributed by atoms with Crippen LogP contribution in [0.2, 0.25) is 0 Å². The summed E-state index contributed by atoms with van der Waals surface area (Å²) in [6.07, 6.45) is 1.71. The van der Waals surface area contributed by atoms with Gasteiger partial charge < -0.3 is 9.84 Å². The summed E-state index contributed by atoms with van der Waals surface area (Å²) in [6, 6.07) is 10.9. The van der Waals surface area contributed by atoms with Crippen molar-refractivity contribution in [3.05, 3.63) is 53.9 Å². The summed E-state index contributed by atoms with van der Waals surface area (Å²) in [6.45, 7) is 4.24. The number of aryl methyl sites for hydroxylation is 1. The van der Waals surface area contributed by atoms with Crippen molar-refractivity contribution >= 4 is 23.1 Å². The zero-order valence-electron chi connectivity index (χ0n) is 13.3. The van der Waals surface area contributed by atoms with E-state index in [4.69, 9.17) is 4.74 Å². The van der Waals surface area contributed by atoms with Crippen LogP contribution in [0, 0.1) is 6.92 Å². The molecule has 0 bridgehead atoms. The van der Waals surface area contributed by atoms with Gasteiger partial charge in [-0.15, -0.1) is 10.2 Å². The van der Waals surface area contributed by atoms with Gasteiger partial charge in [0.1, 0.15) is 17.1 Å². The number of para-hydroxylation sites is 1. The van der Waals surface area contributed by atoms with Gasteiger partial charge >= 0.3 is 5.97 Å². The molecule has 0 aliphatic rings. The third kappa shape index (κ3) is 2.83. The third-order valence-corrected chi connectivity index (χ3v) is 3.44. The molecular weight excluding hydrogens is 308 g/mol. The zero-order chi connectivity index (χ0) is 17.1. The molecule has 0 saturated carbocycles. The monoisotopic (exact) mass is 324 g/mol. The molecular formula is C17H16N4O3. The molecule has 3 rings (SSSR count). The number of imidazole rings is 1. The molecule has 0 aliphatic heterocycles. The van der Waals surface area contributed by atoms with E-state index >= 15 is 0 Å². The molecule has 122 valence electrons. The summed E-state index contributed by atoms with van der Waals surface area (Å²) in [5.41, 5.74) is 1.79. The molecule has 7 nitrogen and oxygen atoms in total. The van der Waals surface area contributed by atoms with E-state index in [1.165, 1.54) is 0 Å². The molecule has 1 aromatic carbocycles. The number of nitrogens with zero attached hydrogens (tertiary/aromatic N) is 4. The minimum atomic E-state index is -1.15. The van der Waals surface area contributed by atoms with Crippen LogP contribution >= 0.6 is 0 Å². The normalized spacial score (nSPS) is 11.2. The summed E-state index contributed by atoms with van der Waals surface area (Å²) in [4.78, 5) is 15.6. The average molecular weight is 324 g/mol. The Hall–Kier alpha value is -3.22.